The van der Waals surface area contributed by atoms with Crippen LogP contribution in [0.15, 0.2) is 24.3 Å². The summed E-state index contributed by atoms with van der Waals surface area (Å²) in [4.78, 5) is 36.3. The lowest BCUT2D eigenvalue weighted by atomic mass is 10.0. The fraction of sp³-hybridized carbons (Fsp3) is 0.308. The van der Waals surface area contributed by atoms with Crippen LogP contribution in [0, 0.1) is 0 Å². The SMILES string of the molecule is CC1(C)C(=O)NC(=O)N1CC(=O)Nc1ccc(Cl)cc1. The Hall–Kier alpha value is -2.08. The molecule has 1 aliphatic heterocycles. The molecular weight excluding hydrogens is 282 g/mol. The van der Waals surface area contributed by atoms with Crippen molar-refractivity contribution in [3.63, 3.8) is 0 Å². The van der Waals surface area contributed by atoms with Crippen LogP contribution >= 0.6 is 11.6 Å². The lowest BCUT2D eigenvalue weighted by Gasteiger charge is -2.27. The van der Waals surface area contributed by atoms with Gasteiger partial charge in [-0.1, -0.05) is 11.6 Å². The van der Waals surface area contributed by atoms with Crippen molar-refractivity contribution in [3.05, 3.63) is 29.3 Å². The molecule has 0 atom stereocenters. The highest BCUT2D eigenvalue weighted by Gasteiger charge is 2.46. The molecule has 0 aliphatic carbocycles. The maximum absolute atomic E-state index is 11.9. The van der Waals surface area contributed by atoms with Gasteiger partial charge in [-0.05, 0) is 38.1 Å². The lowest BCUT2D eigenvalue weighted by molar-refractivity contribution is -0.126. The predicted molar refractivity (Wildman–Crippen MR) is 74.4 cm³/mol. The van der Waals surface area contributed by atoms with Gasteiger partial charge >= 0.3 is 6.03 Å². The summed E-state index contributed by atoms with van der Waals surface area (Å²) in [6.07, 6.45) is 0. The number of amides is 4. The molecule has 0 bridgehead atoms. The van der Waals surface area contributed by atoms with Gasteiger partial charge in [-0.25, -0.2) is 4.79 Å². The van der Waals surface area contributed by atoms with Gasteiger partial charge in [0.2, 0.25) is 5.91 Å². The molecule has 1 saturated heterocycles. The predicted octanol–water partition coefficient (Wildman–Crippen LogP) is 1.61. The summed E-state index contributed by atoms with van der Waals surface area (Å²) in [7, 11) is 0. The molecule has 1 fully saturated rings. The summed E-state index contributed by atoms with van der Waals surface area (Å²) in [5.41, 5.74) is -0.461. The normalized spacial score (nSPS) is 17.1. The molecule has 1 heterocycles. The first-order chi connectivity index (χ1) is 9.30. The molecule has 1 aliphatic rings. The van der Waals surface area contributed by atoms with Crippen LogP contribution in [0.2, 0.25) is 5.02 Å². The van der Waals surface area contributed by atoms with E-state index in [2.05, 4.69) is 10.6 Å². The maximum Gasteiger partial charge on any atom is 0.325 e. The molecule has 0 radical (unpaired) electrons. The zero-order valence-corrected chi connectivity index (χ0v) is 11.8. The van der Waals surface area contributed by atoms with E-state index in [-0.39, 0.29) is 12.5 Å². The molecule has 1 aromatic carbocycles. The minimum atomic E-state index is -1.03. The first kappa shape index (κ1) is 14.3. The Labute approximate surface area is 121 Å². The molecule has 6 nitrogen and oxygen atoms in total. The molecule has 0 aromatic heterocycles. The standard InChI is InChI=1S/C13H14ClN3O3/c1-13(2)11(19)16-12(20)17(13)7-10(18)15-9-5-3-8(14)4-6-9/h3-6H,7H2,1-2H3,(H,15,18)(H,16,19,20). The number of benzene rings is 1. The van der Waals surface area contributed by atoms with Crippen LogP contribution in [-0.2, 0) is 9.59 Å². The summed E-state index contributed by atoms with van der Waals surface area (Å²) in [5, 5.41) is 5.39. The van der Waals surface area contributed by atoms with Gasteiger partial charge in [0.05, 0.1) is 0 Å². The summed E-state index contributed by atoms with van der Waals surface area (Å²) in [6.45, 7) is 2.97. The Bertz CT molecular complexity index is 569. The maximum atomic E-state index is 11.9. The van der Waals surface area contributed by atoms with Crippen molar-refractivity contribution in [1.82, 2.24) is 10.2 Å². The van der Waals surface area contributed by atoms with Crippen molar-refractivity contribution in [1.29, 1.82) is 0 Å². The minimum Gasteiger partial charge on any atom is -0.325 e. The zero-order chi connectivity index (χ0) is 14.9. The minimum absolute atomic E-state index is 0.201. The van der Waals surface area contributed by atoms with E-state index in [1.807, 2.05) is 0 Å². The van der Waals surface area contributed by atoms with Crippen LogP contribution in [0.3, 0.4) is 0 Å². The van der Waals surface area contributed by atoms with Gasteiger partial charge in [0.25, 0.3) is 5.91 Å². The topological polar surface area (TPSA) is 78.5 Å². The van der Waals surface area contributed by atoms with Crippen LogP contribution < -0.4 is 10.6 Å². The molecule has 0 saturated carbocycles. The fourth-order valence-corrected chi connectivity index (χ4v) is 1.97. The number of nitrogens with zero attached hydrogens (tertiary/aromatic N) is 1. The second kappa shape index (κ2) is 5.13. The van der Waals surface area contributed by atoms with E-state index in [0.29, 0.717) is 10.7 Å². The van der Waals surface area contributed by atoms with Crippen molar-refractivity contribution >= 4 is 35.1 Å². The molecule has 0 unspecified atom stereocenters. The second-order valence-corrected chi connectivity index (χ2v) is 5.40. The smallest absolute Gasteiger partial charge is 0.325 e. The summed E-state index contributed by atoms with van der Waals surface area (Å²) in [6, 6.07) is 6.04. The van der Waals surface area contributed by atoms with Crippen molar-refractivity contribution in [2.24, 2.45) is 0 Å². The lowest BCUT2D eigenvalue weighted by Crippen LogP contribution is -2.47. The highest BCUT2D eigenvalue weighted by molar-refractivity contribution is 6.30. The van der Waals surface area contributed by atoms with Crippen LogP contribution in [0.25, 0.3) is 0 Å². The molecule has 20 heavy (non-hydrogen) atoms. The zero-order valence-electron chi connectivity index (χ0n) is 11.1. The van der Waals surface area contributed by atoms with E-state index in [4.69, 9.17) is 11.6 Å². The number of hydrogen-bond acceptors (Lipinski definition) is 3. The molecular formula is C13H14ClN3O3. The highest BCUT2D eigenvalue weighted by atomic mass is 35.5. The Balaban J connectivity index is 2.03. The molecule has 2 rings (SSSR count). The monoisotopic (exact) mass is 295 g/mol. The fourth-order valence-electron chi connectivity index (χ4n) is 1.84. The molecule has 2 N–H and O–H groups in total. The van der Waals surface area contributed by atoms with Crippen molar-refractivity contribution < 1.29 is 14.4 Å². The first-order valence-corrected chi connectivity index (χ1v) is 6.37. The van der Waals surface area contributed by atoms with Gasteiger partial charge in [0.1, 0.15) is 12.1 Å². The second-order valence-electron chi connectivity index (χ2n) is 4.96. The third-order valence-corrected chi connectivity index (χ3v) is 3.38. The van der Waals surface area contributed by atoms with Crippen LogP contribution in [0.4, 0.5) is 10.5 Å². The van der Waals surface area contributed by atoms with E-state index in [1.165, 1.54) is 4.90 Å². The van der Waals surface area contributed by atoms with Crippen LogP contribution in [0.1, 0.15) is 13.8 Å². The molecule has 1 aromatic rings. The van der Waals surface area contributed by atoms with Gasteiger partial charge in [-0.2, -0.15) is 0 Å². The van der Waals surface area contributed by atoms with Gasteiger partial charge in [-0.3, -0.25) is 14.9 Å². The number of carbonyl (C=O) groups is 3. The van der Waals surface area contributed by atoms with E-state index in [0.717, 1.165) is 0 Å². The van der Waals surface area contributed by atoms with Gasteiger partial charge in [-0.15, -0.1) is 0 Å². The quantitative estimate of drug-likeness (QED) is 0.832. The Kier molecular flexibility index (Phi) is 3.67. The number of nitrogens with one attached hydrogen (secondary N) is 2. The average Bonchev–Trinajstić information content (AvgIpc) is 2.55. The van der Waals surface area contributed by atoms with Gasteiger partial charge in [0.15, 0.2) is 0 Å². The van der Waals surface area contributed by atoms with Gasteiger partial charge < -0.3 is 10.2 Å². The number of hydrogen-bond donors (Lipinski definition) is 2. The number of halogens is 1. The Morgan fingerprint density at radius 2 is 1.90 bits per heavy atom. The Morgan fingerprint density at radius 1 is 1.30 bits per heavy atom. The van der Waals surface area contributed by atoms with E-state index in [9.17, 15) is 14.4 Å². The Morgan fingerprint density at radius 3 is 2.40 bits per heavy atom. The van der Waals surface area contributed by atoms with E-state index < -0.39 is 17.5 Å². The summed E-state index contributed by atoms with van der Waals surface area (Å²) in [5.74, 6) is -0.799. The number of imide groups is 1. The van der Waals surface area contributed by atoms with E-state index in [1.54, 1.807) is 38.1 Å². The molecule has 0 spiro atoms. The number of carbonyl (C=O) groups excluding carboxylic acids is 3. The number of rotatable bonds is 3. The average molecular weight is 296 g/mol. The van der Waals surface area contributed by atoms with Crippen LogP contribution in [-0.4, -0.2) is 34.8 Å². The third-order valence-electron chi connectivity index (χ3n) is 3.13. The van der Waals surface area contributed by atoms with Gasteiger partial charge in [0, 0.05) is 10.7 Å². The van der Waals surface area contributed by atoms with Crippen molar-refractivity contribution in [2.45, 2.75) is 19.4 Å². The van der Waals surface area contributed by atoms with Crippen molar-refractivity contribution in [2.75, 3.05) is 11.9 Å². The summed E-state index contributed by atoms with van der Waals surface area (Å²) < 4.78 is 0. The molecule has 7 heteroatoms. The number of urea groups is 1. The van der Waals surface area contributed by atoms with Crippen molar-refractivity contribution in [3.8, 4) is 0 Å². The molecule has 106 valence electrons. The summed E-state index contributed by atoms with van der Waals surface area (Å²) >= 11 is 5.75. The highest BCUT2D eigenvalue weighted by Crippen LogP contribution is 2.20. The van der Waals surface area contributed by atoms with E-state index >= 15 is 0 Å². The van der Waals surface area contributed by atoms with Crippen LogP contribution in [0.5, 0.6) is 0 Å². The third kappa shape index (κ3) is 2.75. The first-order valence-electron chi connectivity index (χ1n) is 5.99. The number of anilines is 1. The largest absolute Gasteiger partial charge is 0.325 e. The molecule has 4 amide bonds.